The minimum absolute atomic E-state index is 0.237. The van der Waals surface area contributed by atoms with Gasteiger partial charge in [0.15, 0.2) is 5.82 Å². The fourth-order valence-corrected chi connectivity index (χ4v) is 6.33. The van der Waals surface area contributed by atoms with Gasteiger partial charge in [-0.2, -0.15) is 0 Å². The molecule has 40 heavy (non-hydrogen) atoms. The first-order chi connectivity index (χ1) is 19.1. The van der Waals surface area contributed by atoms with Crippen LogP contribution in [0.2, 0.25) is 0 Å². The Morgan fingerprint density at radius 1 is 0.575 bits per heavy atom. The van der Waals surface area contributed by atoms with Gasteiger partial charge < -0.3 is 4.90 Å². The second kappa shape index (κ2) is 9.45. The van der Waals surface area contributed by atoms with Crippen LogP contribution in [-0.4, -0.2) is 5.54 Å². The molecule has 1 nitrogen and oxygen atoms in total. The predicted molar refractivity (Wildman–Crippen MR) is 163 cm³/mol. The Labute approximate surface area is 235 Å². The molecule has 0 saturated heterocycles. The van der Waals surface area contributed by atoms with Gasteiger partial charge >= 0.3 is 0 Å². The van der Waals surface area contributed by atoms with Gasteiger partial charge in [0.1, 0.15) is 5.82 Å². The molecule has 0 spiro atoms. The second-order valence-corrected chi connectivity index (χ2v) is 12.1. The highest BCUT2D eigenvalue weighted by Crippen LogP contribution is 2.53. The van der Waals surface area contributed by atoms with Gasteiger partial charge in [0, 0.05) is 16.5 Å². The highest BCUT2D eigenvalue weighted by Gasteiger charge is 2.38. The number of anilines is 2. The highest BCUT2D eigenvalue weighted by atomic mass is 19.1. The molecule has 0 fully saturated rings. The normalized spacial score (nSPS) is 13.6. The van der Waals surface area contributed by atoms with Gasteiger partial charge in [0.25, 0.3) is 0 Å². The zero-order valence-corrected chi connectivity index (χ0v) is 23.6. The van der Waals surface area contributed by atoms with E-state index in [1.54, 1.807) is 23.1 Å². The molecule has 5 aromatic rings. The monoisotopic (exact) mass is 529 g/mol. The fourth-order valence-electron chi connectivity index (χ4n) is 6.33. The summed E-state index contributed by atoms with van der Waals surface area (Å²) in [5.74, 6) is -0.760. The van der Waals surface area contributed by atoms with Gasteiger partial charge in [-0.25, -0.2) is 8.78 Å². The molecule has 3 heteroatoms. The maximum absolute atomic E-state index is 16.7. The van der Waals surface area contributed by atoms with Crippen molar-refractivity contribution in [2.75, 3.05) is 4.90 Å². The van der Waals surface area contributed by atoms with E-state index >= 15 is 8.78 Å². The molecule has 1 aliphatic carbocycles. The number of halogens is 2. The van der Waals surface area contributed by atoms with Crippen LogP contribution in [0.5, 0.6) is 0 Å². The van der Waals surface area contributed by atoms with E-state index in [1.165, 1.54) is 28.3 Å². The average Bonchev–Trinajstić information content (AvgIpc) is 3.17. The Bertz CT molecular complexity index is 1730. The number of nitrogens with zero attached hydrogens (tertiary/aromatic N) is 1. The van der Waals surface area contributed by atoms with Crippen molar-refractivity contribution in [2.24, 2.45) is 0 Å². The Hall–Kier alpha value is -4.24. The minimum Gasteiger partial charge on any atom is -0.331 e. The zero-order valence-electron chi connectivity index (χ0n) is 23.6. The molecule has 200 valence electrons. The van der Waals surface area contributed by atoms with Gasteiger partial charge in [0.05, 0.1) is 11.4 Å². The zero-order chi connectivity index (χ0) is 28.2. The van der Waals surface area contributed by atoms with Crippen molar-refractivity contribution in [3.63, 3.8) is 0 Å². The lowest BCUT2D eigenvalue weighted by Gasteiger charge is -2.39. The fraction of sp³-hybridized carbons (Fsp3) is 0.189. The lowest BCUT2D eigenvalue weighted by Crippen LogP contribution is -2.38. The van der Waals surface area contributed by atoms with Crippen LogP contribution < -0.4 is 4.90 Å². The van der Waals surface area contributed by atoms with E-state index in [9.17, 15) is 0 Å². The number of rotatable bonds is 4. The maximum atomic E-state index is 16.7. The van der Waals surface area contributed by atoms with Crippen LogP contribution in [0.4, 0.5) is 20.2 Å². The first-order valence-corrected chi connectivity index (χ1v) is 13.8. The maximum Gasteiger partial charge on any atom is 0.154 e. The number of hydrogen-bond donors (Lipinski definition) is 0. The number of fused-ring (bicyclic) bond motifs is 3. The van der Waals surface area contributed by atoms with E-state index in [2.05, 4.69) is 56.3 Å². The smallest absolute Gasteiger partial charge is 0.154 e. The Balaban J connectivity index is 1.67. The molecule has 0 heterocycles. The molecule has 0 bridgehead atoms. The standard InChI is InChI=1S/C37H33F2N/c1-36(2,3)40(32-21-12-11-20-31(32)38)33-23-25(22-29(35(33)39)24-14-7-6-8-15-24)26-17-13-18-28-27-16-9-10-19-30(27)37(4,5)34(26)28/h6-23H,1-5H3. The topological polar surface area (TPSA) is 3.24 Å². The van der Waals surface area contributed by atoms with Crippen LogP contribution in [0.25, 0.3) is 33.4 Å². The Morgan fingerprint density at radius 3 is 1.93 bits per heavy atom. The predicted octanol–water partition coefficient (Wildman–Crippen LogP) is 10.5. The summed E-state index contributed by atoms with van der Waals surface area (Å²) in [4.78, 5) is 1.79. The third kappa shape index (κ3) is 4.12. The Morgan fingerprint density at radius 2 is 1.20 bits per heavy atom. The van der Waals surface area contributed by atoms with E-state index < -0.39 is 5.54 Å². The molecule has 0 N–H and O–H groups in total. The lowest BCUT2D eigenvalue weighted by atomic mass is 9.78. The van der Waals surface area contributed by atoms with Crippen molar-refractivity contribution in [3.8, 4) is 33.4 Å². The van der Waals surface area contributed by atoms with Gasteiger partial charge in [-0.05, 0) is 84.0 Å². The number of benzene rings is 5. The summed E-state index contributed by atoms with van der Waals surface area (Å²) < 4.78 is 32.0. The van der Waals surface area contributed by atoms with Crippen LogP contribution >= 0.6 is 0 Å². The molecule has 0 unspecified atom stereocenters. The third-order valence-electron chi connectivity index (χ3n) is 8.03. The minimum atomic E-state index is -0.607. The summed E-state index contributed by atoms with van der Waals surface area (Å²) in [5.41, 5.74) is 8.01. The summed E-state index contributed by atoms with van der Waals surface area (Å²) in [7, 11) is 0. The highest BCUT2D eigenvalue weighted by molar-refractivity contribution is 5.90. The van der Waals surface area contributed by atoms with Crippen molar-refractivity contribution in [2.45, 2.75) is 45.6 Å². The second-order valence-electron chi connectivity index (χ2n) is 12.1. The summed E-state index contributed by atoms with van der Waals surface area (Å²) >= 11 is 0. The summed E-state index contributed by atoms with van der Waals surface area (Å²) in [6, 6.07) is 35.0. The third-order valence-corrected chi connectivity index (χ3v) is 8.03. The van der Waals surface area contributed by atoms with Crippen molar-refractivity contribution in [1.82, 2.24) is 0 Å². The summed E-state index contributed by atoms with van der Waals surface area (Å²) in [6.45, 7) is 10.4. The van der Waals surface area contributed by atoms with Crippen LogP contribution in [0.1, 0.15) is 45.7 Å². The first kappa shape index (κ1) is 26.0. The van der Waals surface area contributed by atoms with E-state index in [0.717, 1.165) is 16.7 Å². The molecule has 5 aromatic carbocycles. The largest absolute Gasteiger partial charge is 0.331 e. The van der Waals surface area contributed by atoms with Crippen molar-refractivity contribution >= 4 is 11.4 Å². The summed E-state index contributed by atoms with van der Waals surface area (Å²) in [5, 5.41) is 0. The molecule has 1 aliphatic rings. The molecule has 0 amide bonds. The van der Waals surface area contributed by atoms with Crippen LogP contribution in [0, 0.1) is 11.6 Å². The molecule has 6 rings (SSSR count). The van der Waals surface area contributed by atoms with E-state index in [1.807, 2.05) is 63.2 Å². The van der Waals surface area contributed by atoms with Gasteiger partial charge in [-0.3, -0.25) is 0 Å². The molecular formula is C37H33F2N. The average molecular weight is 530 g/mol. The number of para-hydroxylation sites is 1. The van der Waals surface area contributed by atoms with Crippen molar-refractivity contribution in [3.05, 3.63) is 132 Å². The molecule has 0 aliphatic heterocycles. The molecule has 0 radical (unpaired) electrons. The van der Waals surface area contributed by atoms with Crippen molar-refractivity contribution < 1.29 is 8.78 Å². The van der Waals surface area contributed by atoms with Crippen molar-refractivity contribution in [1.29, 1.82) is 0 Å². The Kier molecular flexibility index (Phi) is 6.14. The van der Waals surface area contributed by atoms with Crippen LogP contribution in [-0.2, 0) is 5.41 Å². The molecular weight excluding hydrogens is 496 g/mol. The lowest BCUT2D eigenvalue weighted by molar-refractivity contribution is 0.527. The van der Waals surface area contributed by atoms with E-state index in [4.69, 9.17) is 0 Å². The van der Waals surface area contributed by atoms with E-state index in [-0.39, 0.29) is 17.0 Å². The quantitative estimate of drug-likeness (QED) is 0.224. The molecule has 0 aromatic heterocycles. The van der Waals surface area contributed by atoms with Crippen LogP contribution in [0.3, 0.4) is 0 Å². The van der Waals surface area contributed by atoms with Gasteiger partial charge in [-0.1, -0.05) is 98.8 Å². The van der Waals surface area contributed by atoms with Gasteiger partial charge in [-0.15, -0.1) is 0 Å². The first-order valence-electron chi connectivity index (χ1n) is 13.8. The van der Waals surface area contributed by atoms with Crippen LogP contribution in [0.15, 0.2) is 109 Å². The molecule has 0 atom stereocenters. The number of hydrogen-bond acceptors (Lipinski definition) is 1. The van der Waals surface area contributed by atoms with E-state index in [0.29, 0.717) is 16.9 Å². The molecule has 0 saturated carbocycles. The van der Waals surface area contributed by atoms with Gasteiger partial charge in [0.2, 0.25) is 0 Å². The summed E-state index contributed by atoms with van der Waals surface area (Å²) in [6.07, 6.45) is 0. The SMILES string of the molecule is CC1(C)c2ccccc2-c2cccc(-c3cc(-c4ccccc4)c(F)c(N(c4ccccc4F)C(C)(C)C)c3)c21.